The van der Waals surface area contributed by atoms with E-state index in [0.29, 0.717) is 18.4 Å². The Hall–Kier alpha value is -1.58. The summed E-state index contributed by atoms with van der Waals surface area (Å²) in [5.41, 5.74) is 1.61. The summed E-state index contributed by atoms with van der Waals surface area (Å²) in [4.78, 5) is 12.9. The Labute approximate surface area is 99.9 Å². The van der Waals surface area contributed by atoms with Crippen LogP contribution in [-0.2, 0) is 4.79 Å². The van der Waals surface area contributed by atoms with E-state index in [9.17, 15) is 9.18 Å². The first-order valence-corrected chi connectivity index (χ1v) is 5.82. The van der Waals surface area contributed by atoms with Crippen molar-refractivity contribution in [3.63, 3.8) is 0 Å². The van der Waals surface area contributed by atoms with E-state index < -0.39 is 5.97 Å². The van der Waals surface area contributed by atoms with Gasteiger partial charge in [-0.25, -0.2) is 4.39 Å². The van der Waals surface area contributed by atoms with Gasteiger partial charge < -0.3 is 10.0 Å². The van der Waals surface area contributed by atoms with Gasteiger partial charge in [-0.1, -0.05) is 0 Å². The zero-order valence-corrected chi connectivity index (χ0v) is 9.82. The van der Waals surface area contributed by atoms with Gasteiger partial charge in [0.2, 0.25) is 0 Å². The highest BCUT2D eigenvalue weighted by Crippen LogP contribution is 2.24. The fourth-order valence-electron chi connectivity index (χ4n) is 2.21. The van der Waals surface area contributed by atoms with Crippen molar-refractivity contribution in [1.29, 1.82) is 0 Å². The van der Waals surface area contributed by atoms with Crippen molar-refractivity contribution in [2.75, 3.05) is 18.0 Å². The molecule has 1 aromatic rings. The number of rotatable bonds is 2. The Kier molecular flexibility index (Phi) is 3.31. The molecule has 0 saturated carbocycles. The summed E-state index contributed by atoms with van der Waals surface area (Å²) < 4.78 is 13.1. The van der Waals surface area contributed by atoms with Gasteiger partial charge in [0.1, 0.15) is 5.82 Å². The van der Waals surface area contributed by atoms with Gasteiger partial charge in [-0.05, 0) is 43.5 Å². The molecule has 1 aromatic carbocycles. The first kappa shape index (κ1) is 11.9. The van der Waals surface area contributed by atoms with E-state index in [1.54, 1.807) is 13.0 Å². The lowest BCUT2D eigenvalue weighted by Gasteiger charge is -2.32. The molecule has 2 rings (SSSR count). The van der Waals surface area contributed by atoms with Crippen molar-refractivity contribution >= 4 is 11.7 Å². The zero-order valence-electron chi connectivity index (χ0n) is 9.82. The molecule has 0 spiro atoms. The quantitative estimate of drug-likeness (QED) is 0.858. The van der Waals surface area contributed by atoms with Crippen LogP contribution < -0.4 is 4.90 Å². The van der Waals surface area contributed by atoms with Gasteiger partial charge in [0, 0.05) is 18.8 Å². The molecule has 0 unspecified atom stereocenters. The number of aryl methyl sites for hydroxylation is 1. The molecular formula is C13H16FNO2. The Morgan fingerprint density at radius 1 is 1.41 bits per heavy atom. The molecule has 4 heteroatoms. The van der Waals surface area contributed by atoms with Crippen LogP contribution in [0.25, 0.3) is 0 Å². The summed E-state index contributed by atoms with van der Waals surface area (Å²) in [6, 6.07) is 5.04. The number of halogens is 1. The van der Waals surface area contributed by atoms with E-state index in [1.165, 1.54) is 6.07 Å². The summed E-state index contributed by atoms with van der Waals surface area (Å²) in [6.45, 7) is 3.19. The molecule has 17 heavy (non-hydrogen) atoms. The molecule has 92 valence electrons. The van der Waals surface area contributed by atoms with Crippen LogP contribution in [0, 0.1) is 18.7 Å². The minimum atomic E-state index is -0.708. The highest BCUT2D eigenvalue weighted by molar-refractivity contribution is 5.70. The van der Waals surface area contributed by atoms with E-state index in [2.05, 4.69) is 4.90 Å². The lowest BCUT2D eigenvalue weighted by atomic mass is 9.96. The van der Waals surface area contributed by atoms with Gasteiger partial charge in [-0.2, -0.15) is 0 Å². The Morgan fingerprint density at radius 2 is 2.06 bits per heavy atom. The molecule has 0 radical (unpaired) electrons. The number of hydrogen-bond donors (Lipinski definition) is 1. The molecular weight excluding hydrogens is 221 g/mol. The molecule has 1 saturated heterocycles. The number of benzene rings is 1. The standard InChI is InChI=1S/C13H16FNO2/c1-9-8-11(2-3-12(9)14)15-6-4-10(5-7-15)13(16)17/h2-3,8,10H,4-7H2,1H3,(H,16,17). The van der Waals surface area contributed by atoms with Gasteiger partial charge >= 0.3 is 5.97 Å². The molecule has 0 aliphatic carbocycles. The maximum absolute atomic E-state index is 13.1. The van der Waals surface area contributed by atoms with Gasteiger partial charge in [0.05, 0.1) is 5.92 Å². The molecule has 1 N–H and O–H groups in total. The summed E-state index contributed by atoms with van der Waals surface area (Å²) in [6.07, 6.45) is 1.32. The number of carbonyl (C=O) groups is 1. The largest absolute Gasteiger partial charge is 0.481 e. The van der Waals surface area contributed by atoms with Crippen LogP contribution in [0.2, 0.25) is 0 Å². The maximum Gasteiger partial charge on any atom is 0.306 e. The minimum Gasteiger partial charge on any atom is -0.481 e. The molecule has 1 heterocycles. The average Bonchev–Trinajstić information content (AvgIpc) is 2.33. The molecule has 1 fully saturated rings. The number of carboxylic acid groups (broad SMARTS) is 1. The van der Waals surface area contributed by atoms with E-state index in [4.69, 9.17) is 5.11 Å². The fourth-order valence-corrected chi connectivity index (χ4v) is 2.21. The molecule has 0 amide bonds. The van der Waals surface area contributed by atoms with E-state index >= 15 is 0 Å². The van der Waals surface area contributed by atoms with Crippen LogP contribution in [0.5, 0.6) is 0 Å². The predicted molar refractivity (Wildman–Crippen MR) is 63.7 cm³/mol. The number of piperidine rings is 1. The van der Waals surface area contributed by atoms with Crippen molar-refractivity contribution in [3.8, 4) is 0 Å². The normalized spacial score (nSPS) is 17.2. The van der Waals surface area contributed by atoms with E-state index in [-0.39, 0.29) is 11.7 Å². The van der Waals surface area contributed by atoms with E-state index in [1.807, 2.05) is 6.07 Å². The first-order valence-electron chi connectivity index (χ1n) is 5.82. The molecule has 3 nitrogen and oxygen atoms in total. The second-order valence-corrected chi connectivity index (χ2v) is 4.53. The fraction of sp³-hybridized carbons (Fsp3) is 0.462. The van der Waals surface area contributed by atoms with Crippen LogP contribution in [0.1, 0.15) is 18.4 Å². The maximum atomic E-state index is 13.1. The first-order chi connectivity index (χ1) is 8.08. The molecule has 1 aliphatic heterocycles. The molecule has 0 aromatic heterocycles. The van der Waals surface area contributed by atoms with Crippen LogP contribution in [0.3, 0.4) is 0 Å². The summed E-state index contributed by atoms with van der Waals surface area (Å²) >= 11 is 0. The third-order valence-electron chi connectivity index (χ3n) is 3.35. The summed E-state index contributed by atoms with van der Waals surface area (Å²) in [7, 11) is 0. The van der Waals surface area contributed by atoms with Gasteiger partial charge in [0.15, 0.2) is 0 Å². The van der Waals surface area contributed by atoms with Crippen LogP contribution in [0.4, 0.5) is 10.1 Å². The van der Waals surface area contributed by atoms with Gasteiger partial charge in [0.25, 0.3) is 0 Å². The lowest BCUT2D eigenvalue weighted by molar-refractivity contribution is -0.142. The molecule has 0 atom stereocenters. The Bertz CT molecular complexity index is 425. The monoisotopic (exact) mass is 237 g/mol. The van der Waals surface area contributed by atoms with Crippen LogP contribution >= 0.6 is 0 Å². The van der Waals surface area contributed by atoms with E-state index in [0.717, 1.165) is 18.8 Å². The second kappa shape index (κ2) is 4.73. The van der Waals surface area contributed by atoms with Gasteiger partial charge in [-0.3, -0.25) is 4.79 Å². The Balaban J connectivity index is 2.05. The van der Waals surface area contributed by atoms with Crippen LogP contribution in [0.15, 0.2) is 18.2 Å². The third kappa shape index (κ3) is 2.57. The lowest BCUT2D eigenvalue weighted by Crippen LogP contribution is -2.36. The SMILES string of the molecule is Cc1cc(N2CCC(C(=O)O)CC2)ccc1F. The van der Waals surface area contributed by atoms with Gasteiger partial charge in [-0.15, -0.1) is 0 Å². The number of carboxylic acids is 1. The minimum absolute atomic E-state index is 0.200. The molecule has 0 bridgehead atoms. The van der Waals surface area contributed by atoms with Crippen molar-refractivity contribution in [2.45, 2.75) is 19.8 Å². The zero-order chi connectivity index (χ0) is 12.4. The number of anilines is 1. The van der Waals surface area contributed by atoms with Crippen molar-refractivity contribution in [1.82, 2.24) is 0 Å². The summed E-state index contributed by atoms with van der Waals surface area (Å²) in [5.74, 6) is -1.14. The number of aliphatic carboxylic acids is 1. The van der Waals surface area contributed by atoms with Crippen molar-refractivity contribution in [3.05, 3.63) is 29.6 Å². The third-order valence-corrected chi connectivity index (χ3v) is 3.35. The highest BCUT2D eigenvalue weighted by atomic mass is 19.1. The predicted octanol–water partition coefficient (Wildman–Crippen LogP) is 2.44. The smallest absolute Gasteiger partial charge is 0.306 e. The van der Waals surface area contributed by atoms with Crippen molar-refractivity contribution < 1.29 is 14.3 Å². The van der Waals surface area contributed by atoms with Crippen LogP contribution in [-0.4, -0.2) is 24.2 Å². The Morgan fingerprint density at radius 3 is 2.59 bits per heavy atom. The summed E-state index contributed by atoms with van der Waals surface area (Å²) in [5, 5.41) is 8.91. The number of nitrogens with zero attached hydrogens (tertiary/aromatic N) is 1. The van der Waals surface area contributed by atoms with Crippen molar-refractivity contribution in [2.24, 2.45) is 5.92 Å². The second-order valence-electron chi connectivity index (χ2n) is 4.53. The average molecular weight is 237 g/mol. The number of hydrogen-bond acceptors (Lipinski definition) is 2. The topological polar surface area (TPSA) is 40.5 Å². The molecule has 1 aliphatic rings. The highest BCUT2D eigenvalue weighted by Gasteiger charge is 2.24.